The van der Waals surface area contributed by atoms with Crippen molar-refractivity contribution in [2.75, 3.05) is 0 Å². The molecular formula is C22H34O3. The van der Waals surface area contributed by atoms with Crippen LogP contribution in [0, 0.1) is 40.4 Å². The van der Waals surface area contributed by atoms with Gasteiger partial charge in [0.15, 0.2) is 0 Å². The van der Waals surface area contributed by atoms with Crippen molar-refractivity contribution in [3.63, 3.8) is 0 Å². The Balaban J connectivity index is 1.63. The van der Waals surface area contributed by atoms with E-state index in [0.717, 1.165) is 38.0 Å². The second-order valence-corrected chi connectivity index (χ2v) is 10.0. The highest BCUT2D eigenvalue weighted by atomic mass is 16.4. The maximum atomic E-state index is 11.6. The van der Waals surface area contributed by atoms with E-state index in [0.29, 0.717) is 17.8 Å². The molecule has 0 amide bonds. The highest BCUT2D eigenvalue weighted by Crippen LogP contribution is 2.67. The first kappa shape index (κ1) is 17.6. The number of carboxylic acids is 1. The topological polar surface area (TPSA) is 57.5 Å². The molecule has 2 N–H and O–H groups in total. The van der Waals surface area contributed by atoms with E-state index in [2.05, 4.69) is 19.9 Å². The van der Waals surface area contributed by atoms with Gasteiger partial charge in [0.25, 0.3) is 0 Å². The quantitative estimate of drug-likeness (QED) is 0.716. The monoisotopic (exact) mass is 346 g/mol. The van der Waals surface area contributed by atoms with Gasteiger partial charge < -0.3 is 10.2 Å². The third-order valence-electron chi connectivity index (χ3n) is 9.14. The van der Waals surface area contributed by atoms with Crippen LogP contribution in [0.3, 0.4) is 0 Å². The summed E-state index contributed by atoms with van der Waals surface area (Å²) < 4.78 is 0. The number of rotatable bonds is 2. The molecule has 4 aliphatic rings. The van der Waals surface area contributed by atoms with E-state index >= 15 is 0 Å². The van der Waals surface area contributed by atoms with Crippen LogP contribution in [-0.2, 0) is 4.79 Å². The minimum absolute atomic E-state index is 0.142. The molecule has 25 heavy (non-hydrogen) atoms. The minimum Gasteiger partial charge on any atom is -0.481 e. The molecule has 0 aromatic carbocycles. The molecular weight excluding hydrogens is 312 g/mol. The number of aliphatic hydroxyl groups is 1. The van der Waals surface area contributed by atoms with Crippen molar-refractivity contribution in [2.24, 2.45) is 40.4 Å². The summed E-state index contributed by atoms with van der Waals surface area (Å²) in [6.07, 6.45) is 11.1. The maximum Gasteiger partial charge on any atom is 0.306 e. The van der Waals surface area contributed by atoms with Crippen molar-refractivity contribution in [1.29, 1.82) is 0 Å². The van der Waals surface area contributed by atoms with Crippen LogP contribution < -0.4 is 0 Å². The first-order chi connectivity index (χ1) is 11.8. The summed E-state index contributed by atoms with van der Waals surface area (Å²) in [7, 11) is 0. The van der Waals surface area contributed by atoms with Crippen molar-refractivity contribution in [3.05, 3.63) is 11.6 Å². The lowest BCUT2D eigenvalue weighted by molar-refractivity contribution is -0.146. The van der Waals surface area contributed by atoms with Crippen molar-refractivity contribution in [1.82, 2.24) is 0 Å². The number of carboxylic acid groups (broad SMARTS) is 1. The van der Waals surface area contributed by atoms with Crippen LogP contribution in [0.25, 0.3) is 0 Å². The molecule has 140 valence electrons. The van der Waals surface area contributed by atoms with E-state index in [9.17, 15) is 15.0 Å². The largest absolute Gasteiger partial charge is 0.481 e. The second kappa shape index (κ2) is 5.84. The molecule has 3 nitrogen and oxygen atoms in total. The molecule has 3 saturated carbocycles. The van der Waals surface area contributed by atoms with Crippen molar-refractivity contribution >= 4 is 5.97 Å². The summed E-state index contributed by atoms with van der Waals surface area (Å²) in [5.41, 5.74) is 2.00. The van der Waals surface area contributed by atoms with Gasteiger partial charge in [0.2, 0.25) is 0 Å². The van der Waals surface area contributed by atoms with E-state index < -0.39 is 5.97 Å². The molecule has 0 heterocycles. The van der Waals surface area contributed by atoms with Crippen molar-refractivity contribution < 1.29 is 15.0 Å². The predicted molar refractivity (Wildman–Crippen MR) is 98.0 cm³/mol. The van der Waals surface area contributed by atoms with Gasteiger partial charge in [0.1, 0.15) is 0 Å². The van der Waals surface area contributed by atoms with Crippen LogP contribution in [0.5, 0.6) is 0 Å². The Morgan fingerprint density at radius 1 is 1.16 bits per heavy atom. The lowest BCUT2D eigenvalue weighted by Crippen LogP contribution is -2.51. The zero-order valence-corrected chi connectivity index (χ0v) is 16.0. The molecule has 0 bridgehead atoms. The summed E-state index contributed by atoms with van der Waals surface area (Å²) in [5.74, 6) is 1.63. The Labute approximate surface area is 151 Å². The van der Waals surface area contributed by atoms with Gasteiger partial charge >= 0.3 is 5.97 Å². The molecule has 3 fully saturated rings. The number of aliphatic hydroxyl groups excluding tert-OH is 1. The average Bonchev–Trinajstić information content (AvgIpc) is 2.92. The van der Waals surface area contributed by atoms with E-state index in [-0.39, 0.29) is 22.9 Å². The molecule has 0 aromatic heterocycles. The van der Waals surface area contributed by atoms with Crippen LogP contribution in [0.2, 0.25) is 0 Å². The molecule has 3 heteroatoms. The van der Waals surface area contributed by atoms with Gasteiger partial charge in [-0.3, -0.25) is 4.79 Å². The van der Waals surface area contributed by atoms with Gasteiger partial charge in [-0.2, -0.15) is 0 Å². The van der Waals surface area contributed by atoms with E-state index in [1.54, 1.807) is 0 Å². The summed E-state index contributed by atoms with van der Waals surface area (Å²) in [6, 6.07) is 0. The Morgan fingerprint density at radius 2 is 1.92 bits per heavy atom. The fourth-order valence-corrected chi connectivity index (χ4v) is 7.68. The Bertz CT molecular complexity index is 596. The molecule has 0 radical (unpaired) electrons. The first-order valence-electron chi connectivity index (χ1n) is 10.4. The van der Waals surface area contributed by atoms with Crippen molar-refractivity contribution in [2.45, 2.75) is 78.2 Å². The molecule has 8 atom stereocenters. The number of allylic oxidation sites excluding steroid dienone is 1. The van der Waals surface area contributed by atoms with Crippen LogP contribution >= 0.6 is 0 Å². The van der Waals surface area contributed by atoms with Gasteiger partial charge in [-0.25, -0.2) is 0 Å². The number of fused-ring (bicyclic) bond motifs is 5. The average molecular weight is 347 g/mol. The number of hydrogen-bond donors (Lipinski definition) is 2. The fraction of sp³-hybridized carbons (Fsp3) is 0.864. The van der Waals surface area contributed by atoms with E-state index in [1.807, 2.05) is 6.92 Å². The first-order valence-corrected chi connectivity index (χ1v) is 10.4. The fourth-order valence-electron chi connectivity index (χ4n) is 7.68. The summed E-state index contributed by atoms with van der Waals surface area (Å²) >= 11 is 0. The molecule has 0 spiro atoms. The number of aliphatic carboxylic acids is 1. The van der Waals surface area contributed by atoms with Gasteiger partial charge in [-0.05, 0) is 85.9 Å². The molecule has 8 unspecified atom stereocenters. The zero-order valence-electron chi connectivity index (χ0n) is 16.0. The van der Waals surface area contributed by atoms with E-state index in [1.165, 1.54) is 24.8 Å². The zero-order chi connectivity index (χ0) is 18.0. The Kier molecular flexibility index (Phi) is 4.10. The minimum atomic E-state index is -0.618. The number of carbonyl (C=O) groups is 1. The molecule has 4 rings (SSSR count). The van der Waals surface area contributed by atoms with Gasteiger partial charge in [-0.15, -0.1) is 0 Å². The normalized spacial score (nSPS) is 50.2. The third kappa shape index (κ3) is 2.44. The maximum absolute atomic E-state index is 11.6. The van der Waals surface area contributed by atoms with Crippen LogP contribution in [0.1, 0.15) is 72.1 Å². The SMILES string of the molecule is CC(C(=O)O)C1CCC2C3CC=C4CC(O)CCC4(C)C3CCC12C. The van der Waals surface area contributed by atoms with Crippen LogP contribution in [0.15, 0.2) is 11.6 Å². The highest BCUT2D eigenvalue weighted by molar-refractivity contribution is 5.70. The smallest absolute Gasteiger partial charge is 0.306 e. The Morgan fingerprint density at radius 3 is 2.64 bits per heavy atom. The molecule has 0 aliphatic heterocycles. The highest BCUT2D eigenvalue weighted by Gasteiger charge is 2.59. The Hall–Kier alpha value is -0.830. The molecule has 4 aliphatic carbocycles. The lowest BCUT2D eigenvalue weighted by atomic mass is 9.47. The van der Waals surface area contributed by atoms with Crippen molar-refractivity contribution in [3.8, 4) is 0 Å². The van der Waals surface area contributed by atoms with E-state index in [4.69, 9.17) is 0 Å². The van der Waals surface area contributed by atoms with Crippen LogP contribution in [-0.4, -0.2) is 22.3 Å². The van der Waals surface area contributed by atoms with Gasteiger partial charge in [0.05, 0.1) is 12.0 Å². The molecule has 0 aromatic rings. The third-order valence-corrected chi connectivity index (χ3v) is 9.14. The standard InChI is InChI=1S/C22H34O3/c1-13(20(24)25)17-6-7-18-16-5-4-14-12-15(23)8-10-21(14,2)19(16)9-11-22(17,18)3/h4,13,15-19,23H,5-12H2,1-3H3,(H,24,25). The van der Waals surface area contributed by atoms with Crippen LogP contribution in [0.4, 0.5) is 0 Å². The lowest BCUT2D eigenvalue weighted by Gasteiger charge is -2.58. The predicted octanol–water partition coefficient (Wildman–Crippen LogP) is 4.65. The number of hydrogen-bond acceptors (Lipinski definition) is 2. The van der Waals surface area contributed by atoms with Gasteiger partial charge in [-0.1, -0.05) is 32.4 Å². The summed E-state index contributed by atoms with van der Waals surface area (Å²) in [4.78, 5) is 11.6. The van der Waals surface area contributed by atoms with Gasteiger partial charge in [0, 0.05) is 0 Å². The summed E-state index contributed by atoms with van der Waals surface area (Å²) in [6.45, 7) is 6.78. The second-order valence-electron chi connectivity index (χ2n) is 10.0. The summed E-state index contributed by atoms with van der Waals surface area (Å²) in [5, 5.41) is 19.7. The molecule has 0 saturated heterocycles.